The number of carbonyl (C=O) groups excluding carboxylic acids is 2. The summed E-state index contributed by atoms with van der Waals surface area (Å²) in [5.41, 5.74) is 0.503. The predicted octanol–water partition coefficient (Wildman–Crippen LogP) is -1.62. The molecule has 0 aliphatic heterocycles. The summed E-state index contributed by atoms with van der Waals surface area (Å²) in [5, 5.41) is 21.3. The zero-order chi connectivity index (χ0) is 12.1. The van der Waals surface area contributed by atoms with Gasteiger partial charge in [-0.25, -0.2) is 0 Å². The lowest BCUT2D eigenvalue weighted by atomic mass is 10.2. The van der Waals surface area contributed by atoms with Crippen molar-refractivity contribution in [2.24, 2.45) is 0 Å². The summed E-state index contributed by atoms with van der Waals surface area (Å²) in [6.07, 6.45) is 0. The van der Waals surface area contributed by atoms with Crippen molar-refractivity contribution < 1.29 is 19.8 Å². The molecular weight excluding hydrogens is 210 g/mol. The maximum atomic E-state index is 10.7. The molecule has 1 rings (SSSR count). The molecule has 0 aliphatic carbocycles. The maximum Gasteiger partial charge on any atom is 0.0663 e. The van der Waals surface area contributed by atoms with Gasteiger partial charge in [0.05, 0.1) is 24.5 Å². The Labute approximate surface area is 92.9 Å². The zero-order valence-electron chi connectivity index (χ0n) is 8.75. The summed E-state index contributed by atoms with van der Waals surface area (Å²) in [6.45, 7) is 0.879. The van der Waals surface area contributed by atoms with Crippen LogP contribution in [0.2, 0.25) is 0 Å². The first-order valence-corrected chi connectivity index (χ1v) is 4.74. The molecule has 16 heavy (non-hydrogen) atoms. The molecule has 0 fully saturated rings. The number of hydrogen-bond acceptors (Lipinski definition) is 5. The zero-order valence-corrected chi connectivity index (χ0v) is 8.75. The third-order valence-corrected chi connectivity index (χ3v) is 2.20. The minimum atomic E-state index is -1.34. The van der Waals surface area contributed by atoms with Crippen LogP contribution in [0.5, 0.6) is 0 Å². The van der Waals surface area contributed by atoms with Crippen molar-refractivity contribution in [2.45, 2.75) is 13.0 Å². The maximum absolute atomic E-state index is 10.7. The van der Waals surface area contributed by atoms with Gasteiger partial charge in [-0.15, -0.1) is 0 Å². The van der Waals surface area contributed by atoms with Crippen LogP contribution in [0.15, 0.2) is 30.3 Å². The molecule has 0 N–H and O–H groups in total. The Balaban J connectivity index is 2.96. The first-order valence-electron chi connectivity index (χ1n) is 4.74. The molecule has 0 saturated carbocycles. The van der Waals surface area contributed by atoms with Gasteiger partial charge in [0.2, 0.25) is 0 Å². The fourth-order valence-corrected chi connectivity index (χ4v) is 1.34. The molecule has 0 bridgehead atoms. The number of nitrogens with zero attached hydrogens (tertiary/aromatic N) is 1. The van der Waals surface area contributed by atoms with E-state index in [4.69, 9.17) is 0 Å². The van der Waals surface area contributed by atoms with Gasteiger partial charge in [-0.05, 0) is 19.1 Å². The SMILES string of the molecule is CC(C(=O)[O-])N(CC(=O)[O-])c1ccccc1. The van der Waals surface area contributed by atoms with Crippen LogP contribution in [0.25, 0.3) is 0 Å². The summed E-state index contributed by atoms with van der Waals surface area (Å²) in [4.78, 5) is 22.5. The molecule has 5 nitrogen and oxygen atoms in total. The number of hydrogen-bond donors (Lipinski definition) is 0. The Kier molecular flexibility index (Phi) is 3.88. The van der Waals surface area contributed by atoms with E-state index < -0.39 is 24.5 Å². The van der Waals surface area contributed by atoms with Crippen LogP contribution in [-0.4, -0.2) is 24.5 Å². The second-order valence-corrected chi connectivity index (χ2v) is 3.33. The van der Waals surface area contributed by atoms with Crippen molar-refractivity contribution in [1.29, 1.82) is 0 Å². The lowest BCUT2D eigenvalue weighted by Crippen LogP contribution is -2.50. The molecule has 0 aromatic heterocycles. The topological polar surface area (TPSA) is 83.5 Å². The average Bonchev–Trinajstić information content (AvgIpc) is 2.26. The van der Waals surface area contributed by atoms with Crippen LogP contribution in [0.1, 0.15) is 6.92 Å². The molecule has 0 amide bonds. The number of carboxylic acids is 2. The van der Waals surface area contributed by atoms with Crippen LogP contribution < -0.4 is 15.1 Å². The van der Waals surface area contributed by atoms with Gasteiger partial charge in [0.1, 0.15) is 0 Å². The van der Waals surface area contributed by atoms with E-state index in [0.717, 1.165) is 0 Å². The van der Waals surface area contributed by atoms with Gasteiger partial charge in [0.25, 0.3) is 0 Å². The number of benzene rings is 1. The van der Waals surface area contributed by atoms with Crippen molar-refractivity contribution in [1.82, 2.24) is 0 Å². The minimum absolute atomic E-state index is 0.487. The van der Waals surface area contributed by atoms with E-state index in [1.54, 1.807) is 30.3 Å². The molecule has 5 heteroatoms. The lowest BCUT2D eigenvalue weighted by molar-refractivity contribution is -0.307. The van der Waals surface area contributed by atoms with Crippen molar-refractivity contribution >= 4 is 17.6 Å². The number of para-hydroxylation sites is 1. The van der Waals surface area contributed by atoms with Crippen molar-refractivity contribution in [2.75, 3.05) is 11.4 Å². The number of carbonyl (C=O) groups is 2. The molecule has 1 unspecified atom stereocenters. The molecule has 1 aromatic carbocycles. The lowest BCUT2D eigenvalue weighted by Gasteiger charge is -2.32. The molecule has 0 radical (unpaired) electrons. The third kappa shape index (κ3) is 2.98. The summed E-state index contributed by atoms with van der Waals surface area (Å²) < 4.78 is 0. The van der Waals surface area contributed by atoms with Crippen molar-refractivity contribution in [3.8, 4) is 0 Å². The van der Waals surface area contributed by atoms with Gasteiger partial charge in [0.15, 0.2) is 0 Å². The monoisotopic (exact) mass is 221 g/mol. The molecule has 0 aliphatic rings. The molecule has 1 aromatic rings. The highest BCUT2D eigenvalue weighted by atomic mass is 16.4. The molecule has 1 atom stereocenters. The van der Waals surface area contributed by atoms with Gasteiger partial charge in [0, 0.05) is 5.69 Å². The number of aliphatic carboxylic acids is 2. The van der Waals surface area contributed by atoms with Crippen LogP contribution in [0.3, 0.4) is 0 Å². The van der Waals surface area contributed by atoms with E-state index in [-0.39, 0.29) is 0 Å². The minimum Gasteiger partial charge on any atom is -0.548 e. The standard InChI is InChI=1S/C11H13NO4/c1-8(11(15)16)12(7-10(13)14)9-5-3-2-4-6-9/h2-6,8H,7H2,1H3,(H,13,14)(H,15,16)/p-2. The van der Waals surface area contributed by atoms with E-state index in [2.05, 4.69) is 0 Å². The Morgan fingerprint density at radius 1 is 1.25 bits per heavy atom. The largest absolute Gasteiger partial charge is 0.548 e. The second-order valence-electron chi connectivity index (χ2n) is 3.33. The predicted molar refractivity (Wildman–Crippen MR) is 53.3 cm³/mol. The highest BCUT2D eigenvalue weighted by molar-refractivity contribution is 5.80. The average molecular weight is 221 g/mol. The van der Waals surface area contributed by atoms with Gasteiger partial charge in [-0.3, -0.25) is 0 Å². The van der Waals surface area contributed by atoms with Crippen LogP contribution in [0.4, 0.5) is 5.69 Å². The van der Waals surface area contributed by atoms with E-state index in [1.807, 2.05) is 0 Å². The van der Waals surface area contributed by atoms with Gasteiger partial charge >= 0.3 is 0 Å². The first-order chi connectivity index (χ1) is 7.52. The number of anilines is 1. The highest BCUT2D eigenvalue weighted by Crippen LogP contribution is 2.15. The van der Waals surface area contributed by atoms with Gasteiger partial charge in [-0.2, -0.15) is 0 Å². The van der Waals surface area contributed by atoms with E-state index in [0.29, 0.717) is 5.69 Å². The molecule has 0 heterocycles. The van der Waals surface area contributed by atoms with Gasteiger partial charge in [-0.1, -0.05) is 18.2 Å². The smallest absolute Gasteiger partial charge is 0.0663 e. The van der Waals surface area contributed by atoms with Gasteiger partial charge < -0.3 is 24.7 Å². The first kappa shape index (κ1) is 12.0. The molecule has 86 valence electrons. The molecule has 0 spiro atoms. The Morgan fingerprint density at radius 2 is 1.81 bits per heavy atom. The Hall–Kier alpha value is -2.04. The Bertz CT molecular complexity index is 377. The van der Waals surface area contributed by atoms with Crippen LogP contribution in [-0.2, 0) is 9.59 Å². The quantitative estimate of drug-likeness (QED) is 0.596. The third-order valence-electron chi connectivity index (χ3n) is 2.20. The second kappa shape index (κ2) is 5.16. The number of carboxylic acid groups (broad SMARTS) is 2. The van der Waals surface area contributed by atoms with Crippen molar-refractivity contribution in [3.05, 3.63) is 30.3 Å². The normalized spacial score (nSPS) is 11.8. The molecular formula is C11H11NO4-2. The van der Waals surface area contributed by atoms with Crippen molar-refractivity contribution in [3.63, 3.8) is 0 Å². The van der Waals surface area contributed by atoms with E-state index >= 15 is 0 Å². The van der Waals surface area contributed by atoms with Crippen LogP contribution in [0, 0.1) is 0 Å². The van der Waals surface area contributed by atoms with Crippen LogP contribution >= 0.6 is 0 Å². The Morgan fingerprint density at radius 3 is 2.25 bits per heavy atom. The molecule has 0 saturated heterocycles. The summed E-state index contributed by atoms with van der Waals surface area (Å²) in [6, 6.07) is 7.37. The summed E-state index contributed by atoms with van der Waals surface area (Å²) in [5.74, 6) is -2.66. The summed E-state index contributed by atoms with van der Waals surface area (Å²) >= 11 is 0. The fraction of sp³-hybridized carbons (Fsp3) is 0.273. The van der Waals surface area contributed by atoms with E-state index in [9.17, 15) is 19.8 Å². The van der Waals surface area contributed by atoms with E-state index in [1.165, 1.54) is 11.8 Å². The highest BCUT2D eigenvalue weighted by Gasteiger charge is 2.15. The summed E-state index contributed by atoms with van der Waals surface area (Å²) in [7, 11) is 0. The number of rotatable bonds is 5. The fourth-order valence-electron chi connectivity index (χ4n) is 1.34.